The Hall–Kier alpha value is -1.01. The van der Waals surface area contributed by atoms with Crippen LogP contribution in [0.5, 0.6) is 0 Å². The van der Waals surface area contributed by atoms with E-state index >= 15 is 0 Å². The lowest BCUT2D eigenvalue weighted by Gasteiger charge is -2.22. The maximum atomic E-state index is 12.2. The van der Waals surface area contributed by atoms with Crippen LogP contribution >= 0.6 is 23.1 Å². The molecule has 2 rings (SSSR count). The Morgan fingerprint density at radius 2 is 2.42 bits per heavy atom. The molecule has 0 aromatic carbocycles. The summed E-state index contributed by atoms with van der Waals surface area (Å²) in [6, 6.07) is 3.58. The van der Waals surface area contributed by atoms with Crippen molar-refractivity contribution in [2.45, 2.75) is 30.0 Å². The van der Waals surface area contributed by atoms with Crippen LogP contribution in [0.25, 0.3) is 0 Å². The molecular weight excluding hydrogens is 282 g/mol. The van der Waals surface area contributed by atoms with E-state index in [-0.39, 0.29) is 17.9 Å². The van der Waals surface area contributed by atoms with Gasteiger partial charge in [0.25, 0.3) is 0 Å². The van der Waals surface area contributed by atoms with E-state index in [0.717, 1.165) is 10.6 Å². The van der Waals surface area contributed by atoms with Crippen molar-refractivity contribution in [3.63, 3.8) is 0 Å². The van der Waals surface area contributed by atoms with Gasteiger partial charge in [0.15, 0.2) is 0 Å². The summed E-state index contributed by atoms with van der Waals surface area (Å²) in [6.45, 7) is 2.81. The van der Waals surface area contributed by atoms with E-state index < -0.39 is 0 Å². The van der Waals surface area contributed by atoms with Crippen LogP contribution in [0.4, 0.5) is 0 Å². The zero-order chi connectivity index (χ0) is 13.7. The number of ether oxygens (including phenoxy) is 1. The summed E-state index contributed by atoms with van der Waals surface area (Å²) in [4.78, 5) is 25.6. The quantitative estimate of drug-likeness (QED) is 0.619. The van der Waals surface area contributed by atoms with Gasteiger partial charge in [-0.05, 0) is 31.2 Å². The minimum atomic E-state index is -0.378. The fourth-order valence-electron chi connectivity index (χ4n) is 2.11. The number of amides is 1. The van der Waals surface area contributed by atoms with E-state index in [4.69, 9.17) is 4.74 Å². The molecule has 0 N–H and O–H groups in total. The van der Waals surface area contributed by atoms with Gasteiger partial charge >= 0.3 is 5.97 Å². The molecule has 1 aromatic rings. The fourth-order valence-corrected chi connectivity index (χ4v) is 3.78. The number of carbonyl (C=O) groups is 2. The first-order chi connectivity index (χ1) is 9.22. The van der Waals surface area contributed by atoms with E-state index in [1.165, 1.54) is 11.8 Å². The molecule has 1 saturated heterocycles. The average Bonchev–Trinajstić information content (AvgIpc) is 3.07. The van der Waals surface area contributed by atoms with Gasteiger partial charge in [-0.25, -0.2) is 4.79 Å². The molecule has 1 aromatic heterocycles. The predicted octanol–water partition coefficient (Wildman–Crippen LogP) is 2.39. The van der Waals surface area contributed by atoms with Crippen LogP contribution in [-0.2, 0) is 14.3 Å². The van der Waals surface area contributed by atoms with Crippen LogP contribution in [0.2, 0.25) is 0 Å². The minimum Gasteiger partial charge on any atom is -0.464 e. The number of nitrogens with zero attached hydrogens (tertiary/aromatic N) is 1. The Kier molecular flexibility index (Phi) is 5.27. The molecular formula is C13H17NO3S2. The summed E-state index contributed by atoms with van der Waals surface area (Å²) >= 11 is 3.15. The second-order valence-electron chi connectivity index (χ2n) is 4.22. The van der Waals surface area contributed by atoms with Crippen molar-refractivity contribution in [2.24, 2.45) is 0 Å². The Morgan fingerprint density at radius 1 is 1.58 bits per heavy atom. The SMILES string of the molecule is CCOC(=O)C1CCCN1C(=O)CSc1cccs1. The standard InChI is InChI=1S/C13H17NO3S2/c1-2-17-13(16)10-5-3-7-14(10)11(15)9-19-12-6-4-8-18-12/h4,6,8,10H,2-3,5,7,9H2,1H3. The summed E-state index contributed by atoms with van der Waals surface area (Å²) in [6.07, 6.45) is 1.59. The number of hydrogen-bond acceptors (Lipinski definition) is 5. The molecule has 1 aliphatic heterocycles. The molecule has 1 fully saturated rings. The Morgan fingerprint density at radius 3 is 3.11 bits per heavy atom. The Bertz CT molecular complexity index is 433. The molecule has 2 heterocycles. The van der Waals surface area contributed by atoms with E-state index in [2.05, 4.69) is 0 Å². The second kappa shape index (κ2) is 6.96. The molecule has 0 bridgehead atoms. The molecule has 1 atom stereocenters. The highest BCUT2D eigenvalue weighted by atomic mass is 32.2. The number of esters is 1. The highest BCUT2D eigenvalue weighted by Crippen LogP contribution is 2.25. The summed E-state index contributed by atoms with van der Waals surface area (Å²) < 4.78 is 6.14. The summed E-state index contributed by atoms with van der Waals surface area (Å²) in [5.41, 5.74) is 0. The van der Waals surface area contributed by atoms with Gasteiger partial charge in [0, 0.05) is 6.54 Å². The van der Waals surface area contributed by atoms with Crippen molar-refractivity contribution >= 4 is 35.0 Å². The average molecular weight is 299 g/mol. The van der Waals surface area contributed by atoms with Crippen LogP contribution < -0.4 is 0 Å². The van der Waals surface area contributed by atoms with Gasteiger partial charge in [-0.3, -0.25) is 4.79 Å². The van der Waals surface area contributed by atoms with E-state index in [9.17, 15) is 9.59 Å². The molecule has 0 saturated carbocycles. The number of thioether (sulfide) groups is 1. The zero-order valence-electron chi connectivity index (χ0n) is 10.8. The van der Waals surface area contributed by atoms with Gasteiger partial charge in [0.2, 0.25) is 5.91 Å². The summed E-state index contributed by atoms with van der Waals surface area (Å²) in [5.74, 6) is 0.139. The largest absolute Gasteiger partial charge is 0.464 e. The molecule has 19 heavy (non-hydrogen) atoms. The van der Waals surface area contributed by atoms with Gasteiger partial charge in [0.1, 0.15) is 6.04 Å². The molecule has 1 amide bonds. The molecule has 1 unspecified atom stereocenters. The van der Waals surface area contributed by atoms with Crippen molar-refractivity contribution in [2.75, 3.05) is 18.9 Å². The number of rotatable bonds is 5. The van der Waals surface area contributed by atoms with Crippen molar-refractivity contribution in [3.8, 4) is 0 Å². The third-order valence-corrected chi connectivity index (χ3v) is 5.08. The smallest absolute Gasteiger partial charge is 0.328 e. The third kappa shape index (κ3) is 3.73. The first-order valence-corrected chi connectivity index (χ1v) is 8.21. The lowest BCUT2D eigenvalue weighted by molar-refractivity contribution is -0.152. The third-order valence-electron chi connectivity index (χ3n) is 2.96. The van der Waals surface area contributed by atoms with Crippen molar-refractivity contribution in [1.82, 2.24) is 4.90 Å². The van der Waals surface area contributed by atoms with Gasteiger partial charge in [0.05, 0.1) is 16.6 Å². The second-order valence-corrected chi connectivity index (χ2v) is 6.44. The Balaban J connectivity index is 1.88. The number of carbonyl (C=O) groups excluding carboxylic acids is 2. The minimum absolute atomic E-state index is 0.0222. The van der Waals surface area contributed by atoms with Crippen molar-refractivity contribution in [3.05, 3.63) is 17.5 Å². The van der Waals surface area contributed by atoms with Gasteiger partial charge in [-0.2, -0.15) is 0 Å². The molecule has 104 valence electrons. The van der Waals surface area contributed by atoms with Crippen LogP contribution in [-0.4, -0.2) is 41.7 Å². The molecule has 0 radical (unpaired) electrons. The van der Waals surface area contributed by atoms with Gasteiger partial charge < -0.3 is 9.64 Å². The molecule has 6 heteroatoms. The van der Waals surface area contributed by atoms with Crippen LogP contribution in [0.15, 0.2) is 21.7 Å². The topological polar surface area (TPSA) is 46.6 Å². The van der Waals surface area contributed by atoms with E-state index in [0.29, 0.717) is 25.3 Å². The number of hydrogen-bond donors (Lipinski definition) is 0. The maximum absolute atomic E-state index is 12.2. The summed E-state index contributed by atoms with van der Waals surface area (Å²) in [7, 11) is 0. The van der Waals surface area contributed by atoms with Gasteiger partial charge in [-0.1, -0.05) is 6.07 Å². The zero-order valence-corrected chi connectivity index (χ0v) is 12.5. The Labute approximate surface area is 121 Å². The van der Waals surface area contributed by atoms with Crippen LogP contribution in [0.3, 0.4) is 0 Å². The van der Waals surface area contributed by atoms with Gasteiger partial charge in [-0.15, -0.1) is 23.1 Å². The lowest BCUT2D eigenvalue weighted by atomic mass is 10.2. The highest BCUT2D eigenvalue weighted by Gasteiger charge is 2.34. The highest BCUT2D eigenvalue weighted by molar-refractivity contribution is 8.01. The first kappa shape index (κ1) is 14.4. The normalized spacial score (nSPS) is 18.6. The predicted molar refractivity (Wildman–Crippen MR) is 76.4 cm³/mol. The van der Waals surface area contributed by atoms with E-state index in [1.54, 1.807) is 23.2 Å². The van der Waals surface area contributed by atoms with Crippen LogP contribution in [0, 0.1) is 0 Å². The first-order valence-electron chi connectivity index (χ1n) is 6.34. The molecule has 4 nitrogen and oxygen atoms in total. The lowest BCUT2D eigenvalue weighted by Crippen LogP contribution is -2.42. The fraction of sp³-hybridized carbons (Fsp3) is 0.538. The molecule has 0 spiro atoms. The maximum Gasteiger partial charge on any atom is 0.328 e. The van der Waals surface area contributed by atoms with Crippen molar-refractivity contribution in [1.29, 1.82) is 0 Å². The molecule has 1 aliphatic rings. The van der Waals surface area contributed by atoms with Crippen molar-refractivity contribution < 1.29 is 14.3 Å². The summed E-state index contributed by atoms with van der Waals surface area (Å²) in [5, 5.41) is 1.99. The molecule has 0 aliphatic carbocycles. The monoisotopic (exact) mass is 299 g/mol. The number of likely N-dealkylation sites (tertiary alicyclic amines) is 1. The van der Waals surface area contributed by atoms with E-state index in [1.807, 2.05) is 17.5 Å². The van der Waals surface area contributed by atoms with Crippen LogP contribution in [0.1, 0.15) is 19.8 Å². The number of thiophene rings is 1.